The molecule has 3 saturated heterocycles. The Morgan fingerprint density at radius 2 is 0.850 bits per heavy atom. The van der Waals surface area contributed by atoms with Crippen LogP contribution in [0.5, 0.6) is 11.5 Å². The van der Waals surface area contributed by atoms with Crippen LogP contribution in [0.2, 0.25) is 15.1 Å². The van der Waals surface area contributed by atoms with Crippen LogP contribution in [0, 0.1) is 5.92 Å². The molecule has 3 heterocycles. The largest absolute Gasteiger partial charge is 0.494 e. The van der Waals surface area contributed by atoms with Gasteiger partial charge in [-0.3, -0.25) is 14.7 Å². The summed E-state index contributed by atoms with van der Waals surface area (Å²) >= 11 is 17.7. The van der Waals surface area contributed by atoms with Crippen LogP contribution in [0.4, 0.5) is 23.2 Å². The number of rotatable bonds is 33. The second kappa shape index (κ2) is 43.8. The number of nitrogens with one attached hydrogen (secondary N) is 6. The SMILES string of the molecule is CC(C)OC1CCC([C@@H](O)[C@@H](CN2CCC(F)C2)NC(=O)NCc2ccc(Cl)cc2)CC1.CCCCCOc1ccc([C@@H](O)[C@@H](CN2CC[C@@H](F)C2)NC(=O)NCc2ccc(Cl)cc2)cc1.CCCCCOc1ccc([C@@H](O)[C@@H](CN2CC[C@H](O)C2)NC(=O)NCc2ccc(Cl)cc2)cc1. The number of β-amino-alcohol motifs (C(OH)–C–C–N with tert-alkyl or cyclic N) is 1. The van der Waals surface area contributed by atoms with Gasteiger partial charge in [0.25, 0.3) is 0 Å². The summed E-state index contributed by atoms with van der Waals surface area (Å²) in [4.78, 5) is 43.9. The molecule has 9 atom stereocenters. The van der Waals surface area contributed by atoms with Gasteiger partial charge in [-0.05, 0) is 166 Å². The van der Waals surface area contributed by atoms with E-state index < -0.39 is 54.8 Å². The third-order valence-corrected chi connectivity index (χ3v) is 19.2. The molecule has 4 fully saturated rings. The third kappa shape index (κ3) is 29.7. The molecule has 0 bridgehead atoms. The van der Waals surface area contributed by atoms with Crippen LogP contribution in [0.25, 0.3) is 0 Å². The third-order valence-electron chi connectivity index (χ3n) is 18.4. The molecule has 0 aromatic heterocycles. The minimum absolute atomic E-state index is 0.0901. The zero-order chi connectivity index (χ0) is 71.8. The second-order valence-corrected chi connectivity index (χ2v) is 28.3. The normalized spacial score (nSPS) is 20.5. The van der Waals surface area contributed by atoms with Gasteiger partial charge in [0.05, 0.1) is 55.8 Å². The molecule has 5 aromatic carbocycles. The standard InChI is InChI=1S/C26H35ClFN3O3.C26H36ClN3O4.C24H37ClFN3O3/c1-2-3-4-15-34-23-11-7-20(8-12-23)25(32)24(18-31-14-13-22(28)17-31)30-26(33)29-16-19-5-9-21(27)10-6-19;1-2-3-4-15-34-23-11-7-20(8-12-23)25(32)24(18-30-14-13-22(31)17-30)29-26(33)28-16-19-5-9-21(27)10-6-19;1-16(2)32-21-9-5-18(6-10-21)23(30)22(15-29-12-11-20(26)14-29)28-24(31)27-13-17-3-7-19(25)8-4-17/h5-12,22,24-25,32H,2-4,13-18H2,1H3,(H2,29,30,33);5-12,22,24-25,31-32H,2-4,13-18H2,1H3,(H2,28,29,33);3-4,7-8,16,18,20-23,30H,5-6,9-15H2,1-2H3,(H2,27,28,31)/t22-,24-,25-;22-,24+,25+;18?,20?,21?,22-,23-/m101/s1. The number of benzene rings is 5. The average Bonchev–Trinajstić information content (AvgIpc) is 1.55. The van der Waals surface area contributed by atoms with Crippen molar-refractivity contribution in [2.45, 2.75) is 198 Å². The van der Waals surface area contributed by atoms with Gasteiger partial charge >= 0.3 is 18.1 Å². The molecule has 4 aliphatic rings. The van der Waals surface area contributed by atoms with Gasteiger partial charge in [0.1, 0.15) is 36.1 Å². The number of unbranched alkanes of at least 4 members (excludes halogenated alkanes) is 4. The lowest BCUT2D eigenvalue weighted by molar-refractivity contribution is -0.0394. The van der Waals surface area contributed by atoms with Crippen molar-refractivity contribution in [3.05, 3.63) is 164 Å². The van der Waals surface area contributed by atoms with E-state index >= 15 is 0 Å². The van der Waals surface area contributed by atoms with Crippen LogP contribution in [0.3, 0.4) is 0 Å². The fraction of sp³-hybridized carbons (Fsp3) is 0.566. The molecule has 1 saturated carbocycles. The predicted octanol–water partition coefficient (Wildman–Crippen LogP) is 12.6. The Morgan fingerprint density at radius 3 is 1.19 bits per heavy atom. The van der Waals surface area contributed by atoms with Crippen LogP contribution in [0.15, 0.2) is 121 Å². The van der Waals surface area contributed by atoms with Crippen molar-refractivity contribution in [2.24, 2.45) is 5.92 Å². The van der Waals surface area contributed by atoms with Gasteiger partial charge in [0.2, 0.25) is 0 Å². The summed E-state index contributed by atoms with van der Waals surface area (Å²) < 4.78 is 44.9. The summed E-state index contributed by atoms with van der Waals surface area (Å²) in [7, 11) is 0. The Balaban J connectivity index is 0.000000211. The van der Waals surface area contributed by atoms with Crippen LogP contribution in [0.1, 0.15) is 151 Å². The summed E-state index contributed by atoms with van der Waals surface area (Å²) in [5.41, 5.74) is 4.13. The zero-order valence-corrected chi connectivity index (χ0v) is 60.8. The van der Waals surface area contributed by atoms with E-state index in [1.54, 1.807) is 36.4 Å². The van der Waals surface area contributed by atoms with Crippen molar-refractivity contribution in [2.75, 3.05) is 72.1 Å². The van der Waals surface area contributed by atoms with Crippen LogP contribution < -0.4 is 41.4 Å². The first-order valence-electron chi connectivity index (χ1n) is 35.8. The van der Waals surface area contributed by atoms with E-state index in [0.29, 0.717) is 131 Å². The minimum Gasteiger partial charge on any atom is -0.494 e. The number of hydrogen-bond donors (Lipinski definition) is 10. The average molecular weight is 1450 g/mol. The first-order chi connectivity index (χ1) is 48.2. The number of aliphatic hydroxyl groups is 4. The van der Waals surface area contributed by atoms with Gasteiger partial charge in [-0.25, -0.2) is 23.2 Å². The lowest BCUT2D eigenvalue weighted by Crippen LogP contribution is -2.55. The van der Waals surface area contributed by atoms with Gasteiger partial charge in [-0.15, -0.1) is 0 Å². The van der Waals surface area contributed by atoms with Crippen LogP contribution in [-0.4, -0.2) is 180 Å². The Kier molecular flexibility index (Phi) is 35.6. The molecule has 9 rings (SSSR count). The van der Waals surface area contributed by atoms with Crippen molar-refractivity contribution in [1.82, 2.24) is 46.6 Å². The van der Waals surface area contributed by atoms with Gasteiger partial charge in [0.15, 0.2) is 0 Å². The molecule has 5 aromatic rings. The Hall–Kier alpha value is -6.08. The number of halogens is 5. The fourth-order valence-electron chi connectivity index (χ4n) is 12.8. The maximum absolute atomic E-state index is 13.7. The molecule has 100 heavy (non-hydrogen) atoms. The summed E-state index contributed by atoms with van der Waals surface area (Å²) in [6.45, 7) is 15.1. The number of ether oxygens (including phenoxy) is 3. The second-order valence-electron chi connectivity index (χ2n) is 27.0. The van der Waals surface area contributed by atoms with Crippen molar-refractivity contribution in [1.29, 1.82) is 0 Å². The fourth-order valence-corrected chi connectivity index (χ4v) is 13.1. The van der Waals surface area contributed by atoms with Crippen molar-refractivity contribution >= 4 is 52.9 Å². The highest BCUT2D eigenvalue weighted by Gasteiger charge is 2.36. The van der Waals surface area contributed by atoms with Crippen molar-refractivity contribution < 1.29 is 57.8 Å². The number of hydrogen-bond acceptors (Lipinski definition) is 13. The number of alkyl halides is 2. The van der Waals surface area contributed by atoms with Gasteiger partial charge in [-0.2, -0.15) is 0 Å². The summed E-state index contributed by atoms with van der Waals surface area (Å²) in [5.74, 6) is 1.60. The smallest absolute Gasteiger partial charge is 0.315 e. The zero-order valence-electron chi connectivity index (χ0n) is 58.5. The molecule has 1 unspecified atom stereocenters. The maximum atomic E-state index is 13.7. The first-order valence-corrected chi connectivity index (χ1v) is 37.0. The topological polar surface area (TPSA) is 242 Å². The Labute approximate surface area is 605 Å². The molecule has 6 amide bonds. The van der Waals surface area contributed by atoms with E-state index in [0.717, 1.165) is 98.9 Å². The molecular weight excluding hydrogens is 1340 g/mol. The summed E-state index contributed by atoms with van der Waals surface area (Å²) in [6.07, 6.45) is 7.55. The first kappa shape index (κ1) is 81.2. The monoisotopic (exact) mass is 1450 g/mol. The van der Waals surface area contributed by atoms with E-state index in [-0.39, 0.29) is 36.3 Å². The number of aliphatic hydroxyl groups excluding tert-OH is 4. The van der Waals surface area contributed by atoms with Gasteiger partial charge in [-0.1, -0.05) is 135 Å². The van der Waals surface area contributed by atoms with E-state index in [1.165, 1.54) is 0 Å². The maximum Gasteiger partial charge on any atom is 0.315 e. The van der Waals surface area contributed by atoms with Crippen LogP contribution in [-0.2, 0) is 24.4 Å². The molecule has 0 spiro atoms. The van der Waals surface area contributed by atoms with E-state index in [2.05, 4.69) is 50.6 Å². The molecule has 10 N–H and O–H groups in total. The van der Waals surface area contributed by atoms with Gasteiger partial charge < -0.3 is 66.5 Å². The highest BCUT2D eigenvalue weighted by atomic mass is 35.5. The lowest BCUT2D eigenvalue weighted by atomic mass is 9.81. The molecule has 24 heteroatoms. The van der Waals surface area contributed by atoms with E-state index in [4.69, 9.17) is 49.0 Å². The van der Waals surface area contributed by atoms with Crippen molar-refractivity contribution in [3.63, 3.8) is 0 Å². The summed E-state index contributed by atoms with van der Waals surface area (Å²) in [6, 6.07) is 33.7. The number of likely N-dealkylation sites (tertiary alicyclic amines) is 3. The van der Waals surface area contributed by atoms with Gasteiger partial charge in [0, 0.05) is 93.6 Å². The quantitative estimate of drug-likeness (QED) is 0.0176. The number of urea groups is 3. The Morgan fingerprint density at radius 1 is 0.490 bits per heavy atom. The van der Waals surface area contributed by atoms with E-state index in [9.17, 15) is 43.6 Å². The number of carbonyl (C=O) groups is 3. The van der Waals surface area contributed by atoms with E-state index in [1.807, 2.05) is 109 Å². The molecule has 552 valence electrons. The molecule has 0 radical (unpaired) electrons. The predicted molar refractivity (Wildman–Crippen MR) is 392 cm³/mol. The molecule has 19 nitrogen and oxygen atoms in total. The van der Waals surface area contributed by atoms with Crippen LogP contribution >= 0.6 is 34.8 Å². The molecular formula is C76H108Cl3F2N9O10. The molecule has 1 aliphatic carbocycles. The number of carbonyl (C=O) groups excluding carboxylic acids is 3. The Bertz CT molecular complexity index is 2980. The summed E-state index contributed by atoms with van der Waals surface area (Å²) in [5, 5.41) is 62.5. The minimum atomic E-state index is -0.950. The van der Waals surface area contributed by atoms with Crippen molar-refractivity contribution in [3.8, 4) is 11.5 Å². The lowest BCUT2D eigenvalue weighted by Gasteiger charge is -2.37. The highest BCUT2D eigenvalue weighted by molar-refractivity contribution is 6.31. The number of amides is 6. The molecule has 3 aliphatic heterocycles. The highest BCUT2D eigenvalue weighted by Crippen LogP contribution is 2.32. The number of nitrogens with zero attached hydrogens (tertiary/aromatic N) is 3.